The van der Waals surface area contributed by atoms with Gasteiger partial charge in [-0.05, 0) is 62.1 Å². The average molecular weight is 376 g/mol. The Morgan fingerprint density at radius 3 is 2.96 bits per heavy atom. The van der Waals surface area contributed by atoms with E-state index in [-0.39, 0.29) is 24.1 Å². The van der Waals surface area contributed by atoms with Crippen LogP contribution in [-0.2, 0) is 30.6 Å². The van der Waals surface area contributed by atoms with E-state index in [4.69, 9.17) is 0 Å². The zero-order valence-electron chi connectivity index (χ0n) is 15.8. The van der Waals surface area contributed by atoms with Crippen molar-refractivity contribution < 1.29 is 4.79 Å². The standard InChI is InChI=1S/C22H24N4O2/c27-20(13-26-21(28)12-14-6-1-3-9-17(14)25-26)23-19-11-5-8-16-15-7-2-4-10-18(15)24-22(16)19/h2,4,7,10,12,19,24H,1,3,5-6,8-9,11,13H2,(H,23,27). The van der Waals surface area contributed by atoms with E-state index in [2.05, 4.69) is 27.5 Å². The summed E-state index contributed by atoms with van der Waals surface area (Å²) >= 11 is 0. The van der Waals surface area contributed by atoms with Crippen LogP contribution in [0.25, 0.3) is 10.9 Å². The van der Waals surface area contributed by atoms with Crippen LogP contribution in [0.4, 0.5) is 0 Å². The molecule has 2 aliphatic rings. The van der Waals surface area contributed by atoms with Gasteiger partial charge in [-0.25, -0.2) is 4.68 Å². The number of aryl methyl sites for hydroxylation is 3. The molecular formula is C22H24N4O2. The number of nitrogens with one attached hydrogen (secondary N) is 2. The van der Waals surface area contributed by atoms with Gasteiger partial charge in [0.2, 0.25) is 5.91 Å². The lowest BCUT2D eigenvalue weighted by molar-refractivity contribution is -0.122. The molecule has 3 aromatic rings. The number of H-pyrrole nitrogens is 1. The molecule has 6 nitrogen and oxygen atoms in total. The maximum Gasteiger partial charge on any atom is 0.267 e. The van der Waals surface area contributed by atoms with Gasteiger partial charge < -0.3 is 10.3 Å². The summed E-state index contributed by atoms with van der Waals surface area (Å²) in [7, 11) is 0. The van der Waals surface area contributed by atoms with Gasteiger partial charge in [0.05, 0.1) is 11.7 Å². The molecule has 2 heterocycles. The van der Waals surface area contributed by atoms with Crippen molar-refractivity contribution in [3.63, 3.8) is 0 Å². The van der Waals surface area contributed by atoms with Crippen LogP contribution in [0.5, 0.6) is 0 Å². The topological polar surface area (TPSA) is 79.8 Å². The van der Waals surface area contributed by atoms with Gasteiger partial charge in [-0.1, -0.05) is 18.2 Å². The van der Waals surface area contributed by atoms with Crippen molar-refractivity contribution in [3.8, 4) is 0 Å². The molecule has 0 fully saturated rings. The number of hydrogen-bond donors (Lipinski definition) is 2. The van der Waals surface area contributed by atoms with Gasteiger partial charge in [-0.15, -0.1) is 0 Å². The second-order valence-corrected chi connectivity index (χ2v) is 7.89. The number of rotatable bonds is 3. The number of amides is 1. The fourth-order valence-electron chi connectivity index (χ4n) is 4.65. The van der Waals surface area contributed by atoms with E-state index in [1.54, 1.807) is 6.07 Å². The van der Waals surface area contributed by atoms with Crippen molar-refractivity contribution in [1.29, 1.82) is 0 Å². The average Bonchev–Trinajstić information content (AvgIpc) is 3.08. The Kier molecular flexibility index (Phi) is 4.26. The van der Waals surface area contributed by atoms with E-state index in [9.17, 15) is 9.59 Å². The fourth-order valence-corrected chi connectivity index (χ4v) is 4.65. The van der Waals surface area contributed by atoms with Gasteiger partial charge in [0.1, 0.15) is 6.54 Å². The molecule has 1 amide bonds. The highest BCUT2D eigenvalue weighted by molar-refractivity contribution is 5.85. The molecule has 0 radical (unpaired) electrons. The Morgan fingerprint density at radius 2 is 2.04 bits per heavy atom. The number of benzene rings is 1. The summed E-state index contributed by atoms with van der Waals surface area (Å²) < 4.78 is 1.31. The quantitative estimate of drug-likeness (QED) is 0.738. The van der Waals surface area contributed by atoms with E-state index in [1.165, 1.54) is 15.6 Å². The molecule has 2 aromatic heterocycles. The molecule has 6 heteroatoms. The van der Waals surface area contributed by atoms with E-state index in [0.717, 1.165) is 67.4 Å². The molecule has 0 bridgehead atoms. The minimum absolute atomic E-state index is 0.0296. The highest BCUT2D eigenvalue weighted by Crippen LogP contribution is 2.34. The lowest BCUT2D eigenvalue weighted by Gasteiger charge is -2.24. The number of nitrogens with zero attached hydrogens (tertiary/aromatic N) is 2. The molecule has 0 aliphatic heterocycles. The van der Waals surface area contributed by atoms with Crippen LogP contribution in [0.1, 0.15) is 54.2 Å². The van der Waals surface area contributed by atoms with Crippen LogP contribution in [0.3, 0.4) is 0 Å². The number of carbonyl (C=O) groups excluding carboxylic acids is 1. The summed E-state index contributed by atoms with van der Waals surface area (Å²) in [4.78, 5) is 28.5. The third-order valence-corrected chi connectivity index (χ3v) is 6.02. The van der Waals surface area contributed by atoms with Crippen molar-refractivity contribution in [2.24, 2.45) is 0 Å². The summed E-state index contributed by atoms with van der Waals surface area (Å²) in [5, 5.41) is 8.82. The lowest BCUT2D eigenvalue weighted by Crippen LogP contribution is -2.37. The first kappa shape index (κ1) is 17.2. The van der Waals surface area contributed by atoms with E-state index < -0.39 is 0 Å². The number of aromatic nitrogens is 3. The predicted octanol–water partition coefficient (Wildman–Crippen LogP) is 2.80. The van der Waals surface area contributed by atoms with Crippen LogP contribution < -0.4 is 10.9 Å². The Bertz CT molecular complexity index is 1110. The normalized spacial score (nSPS) is 18.5. The molecule has 1 aromatic carbocycles. The molecule has 0 spiro atoms. The highest BCUT2D eigenvalue weighted by atomic mass is 16.2. The summed E-state index contributed by atoms with van der Waals surface area (Å²) in [6.45, 7) is -0.0296. The Hall–Kier alpha value is -2.89. The minimum atomic E-state index is -0.189. The zero-order valence-corrected chi connectivity index (χ0v) is 15.8. The van der Waals surface area contributed by atoms with Gasteiger partial charge >= 0.3 is 0 Å². The van der Waals surface area contributed by atoms with Crippen LogP contribution in [0.2, 0.25) is 0 Å². The zero-order chi connectivity index (χ0) is 19.1. The predicted molar refractivity (Wildman–Crippen MR) is 107 cm³/mol. The number of aromatic amines is 1. The lowest BCUT2D eigenvalue weighted by atomic mass is 9.91. The smallest absolute Gasteiger partial charge is 0.267 e. The van der Waals surface area contributed by atoms with E-state index in [0.29, 0.717) is 0 Å². The van der Waals surface area contributed by atoms with Crippen LogP contribution >= 0.6 is 0 Å². The summed E-state index contributed by atoms with van der Waals surface area (Å²) in [5.41, 5.74) is 5.34. The fraction of sp³-hybridized carbons (Fsp3) is 0.409. The van der Waals surface area contributed by atoms with Crippen molar-refractivity contribution in [2.45, 2.75) is 57.5 Å². The third-order valence-electron chi connectivity index (χ3n) is 6.02. The number of para-hydroxylation sites is 1. The van der Waals surface area contributed by atoms with Crippen molar-refractivity contribution in [1.82, 2.24) is 20.1 Å². The van der Waals surface area contributed by atoms with Crippen molar-refractivity contribution >= 4 is 16.8 Å². The molecule has 28 heavy (non-hydrogen) atoms. The van der Waals surface area contributed by atoms with E-state index >= 15 is 0 Å². The van der Waals surface area contributed by atoms with Gasteiger partial charge in [0.25, 0.3) is 5.56 Å². The molecule has 5 rings (SSSR count). The van der Waals surface area contributed by atoms with Gasteiger partial charge in [-0.2, -0.15) is 5.10 Å². The monoisotopic (exact) mass is 376 g/mol. The van der Waals surface area contributed by atoms with Crippen LogP contribution in [0.15, 0.2) is 35.1 Å². The largest absolute Gasteiger partial charge is 0.356 e. The number of carbonyl (C=O) groups is 1. The molecule has 144 valence electrons. The Balaban J connectivity index is 1.37. The highest BCUT2D eigenvalue weighted by Gasteiger charge is 2.25. The van der Waals surface area contributed by atoms with Crippen molar-refractivity contribution in [2.75, 3.05) is 0 Å². The van der Waals surface area contributed by atoms with Crippen LogP contribution in [0, 0.1) is 0 Å². The summed E-state index contributed by atoms with van der Waals surface area (Å²) in [6, 6.07) is 9.88. The first-order chi connectivity index (χ1) is 13.7. The van der Waals surface area contributed by atoms with Gasteiger partial charge in [0, 0.05) is 22.7 Å². The second kappa shape index (κ2) is 6.93. The van der Waals surface area contributed by atoms with Crippen LogP contribution in [-0.4, -0.2) is 20.7 Å². The SMILES string of the molecule is O=C(Cn1nc2c(cc1=O)CCCC2)NC1CCCc2c1[nH]c1ccccc21. The molecule has 1 unspecified atom stereocenters. The molecule has 0 saturated heterocycles. The molecule has 2 N–H and O–H groups in total. The Morgan fingerprint density at radius 1 is 1.18 bits per heavy atom. The maximum atomic E-state index is 12.7. The first-order valence-corrected chi connectivity index (χ1v) is 10.2. The number of hydrogen-bond acceptors (Lipinski definition) is 3. The number of fused-ring (bicyclic) bond motifs is 4. The summed E-state index contributed by atoms with van der Waals surface area (Å²) in [5.74, 6) is -0.165. The molecule has 2 aliphatic carbocycles. The maximum absolute atomic E-state index is 12.7. The molecular weight excluding hydrogens is 352 g/mol. The van der Waals surface area contributed by atoms with Crippen molar-refractivity contribution in [3.05, 3.63) is 63.2 Å². The molecule has 1 atom stereocenters. The van der Waals surface area contributed by atoms with Gasteiger partial charge in [-0.3, -0.25) is 9.59 Å². The summed E-state index contributed by atoms with van der Waals surface area (Å²) in [6.07, 6.45) is 6.96. The van der Waals surface area contributed by atoms with E-state index in [1.807, 2.05) is 12.1 Å². The minimum Gasteiger partial charge on any atom is -0.356 e. The first-order valence-electron chi connectivity index (χ1n) is 10.2. The molecule has 0 saturated carbocycles. The second-order valence-electron chi connectivity index (χ2n) is 7.89. The third kappa shape index (κ3) is 3.03. The Labute approximate surface area is 163 Å². The van der Waals surface area contributed by atoms with Gasteiger partial charge in [0.15, 0.2) is 0 Å².